The van der Waals surface area contributed by atoms with Crippen LogP contribution in [-0.2, 0) is 6.18 Å². The van der Waals surface area contributed by atoms with Gasteiger partial charge in [0.05, 0.1) is 0 Å². The Morgan fingerprint density at radius 2 is 1.90 bits per heavy atom. The van der Waals surface area contributed by atoms with Crippen molar-refractivity contribution in [3.63, 3.8) is 0 Å². The van der Waals surface area contributed by atoms with E-state index in [2.05, 4.69) is 10.2 Å². The molecule has 10 heteroatoms. The Morgan fingerprint density at radius 3 is 2.48 bits per heavy atom. The fourth-order valence-electron chi connectivity index (χ4n) is 2.04. The molecule has 0 unspecified atom stereocenters. The summed E-state index contributed by atoms with van der Waals surface area (Å²) in [5.74, 6) is 0. The van der Waals surface area contributed by atoms with Crippen LogP contribution in [0.25, 0.3) is 0 Å². The standard InChI is InChI=1S/C11H16F3N5OS/c1-17(2)10(20)19-5-3-4-18(6-7-19)9-16-15-8(21-9)11(12,13)14/h3-7H2,1-2H3. The third kappa shape index (κ3) is 3.74. The van der Waals surface area contributed by atoms with Crippen LogP contribution in [0.15, 0.2) is 0 Å². The lowest BCUT2D eigenvalue weighted by Crippen LogP contribution is -2.41. The number of anilines is 1. The van der Waals surface area contributed by atoms with Crippen LogP contribution < -0.4 is 4.90 Å². The van der Waals surface area contributed by atoms with Crippen molar-refractivity contribution in [3.05, 3.63) is 5.01 Å². The van der Waals surface area contributed by atoms with Crippen molar-refractivity contribution < 1.29 is 18.0 Å². The summed E-state index contributed by atoms with van der Waals surface area (Å²) in [7, 11) is 3.34. The molecule has 2 rings (SSSR count). The minimum absolute atomic E-state index is 0.0925. The van der Waals surface area contributed by atoms with Gasteiger partial charge in [0.1, 0.15) is 0 Å². The number of carbonyl (C=O) groups is 1. The molecule has 2 amide bonds. The highest BCUT2D eigenvalue weighted by Crippen LogP contribution is 2.34. The Kier molecular flexibility index (Phi) is 4.55. The fourth-order valence-corrected chi connectivity index (χ4v) is 2.80. The van der Waals surface area contributed by atoms with Crippen LogP contribution in [0.1, 0.15) is 11.4 Å². The number of aromatic nitrogens is 2. The van der Waals surface area contributed by atoms with Crippen LogP contribution in [-0.4, -0.2) is 66.3 Å². The van der Waals surface area contributed by atoms with Crippen molar-refractivity contribution in [2.24, 2.45) is 0 Å². The van der Waals surface area contributed by atoms with E-state index in [0.29, 0.717) is 43.9 Å². The summed E-state index contributed by atoms with van der Waals surface area (Å²) in [6.07, 6.45) is -3.78. The first kappa shape index (κ1) is 15.8. The molecule has 1 aromatic rings. The second-order valence-corrected chi connectivity index (χ2v) is 5.85. The number of alkyl halides is 3. The van der Waals surface area contributed by atoms with Gasteiger partial charge in [-0.25, -0.2) is 4.79 Å². The zero-order valence-corrected chi connectivity index (χ0v) is 12.5. The van der Waals surface area contributed by atoms with Crippen LogP contribution in [0.5, 0.6) is 0 Å². The molecule has 0 N–H and O–H groups in total. The van der Waals surface area contributed by atoms with Crippen molar-refractivity contribution in [3.8, 4) is 0 Å². The van der Waals surface area contributed by atoms with Crippen LogP contribution >= 0.6 is 11.3 Å². The Hall–Kier alpha value is -1.58. The molecule has 1 aromatic heterocycles. The van der Waals surface area contributed by atoms with Gasteiger partial charge in [-0.05, 0) is 6.42 Å². The number of rotatable bonds is 1. The number of urea groups is 1. The molecule has 0 aromatic carbocycles. The smallest absolute Gasteiger partial charge is 0.345 e. The van der Waals surface area contributed by atoms with E-state index in [1.165, 1.54) is 4.90 Å². The first-order valence-corrected chi connectivity index (χ1v) is 7.22. The third-order valence-electron chi connectivity index (χ3n) is 3.08. The van der Waals surface area contributed by atoms with Crippen molar-refractivity contribution >= 4 is 22.5 Å². The van der Waals surface area contributed by atoms with E-state index >= 15 is 0 Å². The monoisotopic (exact) mass is 323 g/mol. The molecule has 0 saturated carbocycles. The van der Waals surface area contributed by atoms with Crippen molar-refractivity contribution in [2.75, 3.05) is 45.2 Å². The molecule has 6 nitrogen and oxygen atoms in total. The molecule has 0 bridgehead atoms. The van der Waals surface area contributed by atoms with Gasteiger partial charge >= 0.3 is 12.2 Å². The van der Waals surface area contributed by atoms with Gasteiger partial charge in [0.15, 0.2) is 0 Å². The van der Waals surface area contributed by atoms with Crippen LogP contribution in [0.2, 0.25) is 0 Å². The molecule has 0 spiro atoms. The highest BCUT2D eigenvalue weighted by molar-refractivity contribution is 7.15. The summed E-state index contributed by atoms with van der Waals surface area (Å²) in [6, 6.07) is -0.0925. The van der Waals surface area contributed by atoms with E-state index in [-0.39, 0.29) is 11.2 Å². The van der Waals surface area contributed by atoms with E-state index in [0.717, 1.165) is 0 Å². The average Bonchev–Trinajstić information content (AvgIpc) is 2.77. The lowest BCUT2D eigenvalue weighted by atomic mass is 10.4. The predicted molar refractivity (Wildman–Crippen MR) is 72.4 cm³/mol. The number of hydrogen-bond donors (Lipinski definition) is 0. The molecule has 118 valence electrons. The second kappa shape index (κ2) is 6.04. The van der Waals surface area contributed by atoms with Crippen LogP contribution in [0.3, 0.4) is 0 Å². The molecule has 2 heterocycles. The minimum atomic E-state index is -4.46. The zero-order valence-electron chi connectivity index (χ0n) is 11.7. The molecule has 0 atom stereocenters. The number of hydrogen-bond acceptors (Lipinski definition) is 5. The molecule has 1 aliphatic rings. The SMILES string of the molecule is CN(C)C(=O)N1CCCN(c2nnc(C(F)(F)F)s2)CC1. The van der Waals surface area contributed by atoms with Gasteiger partial charge in [0.2, 0.25) is 10.1 Å². The third-order valence-corrected chi connectivity index (χ3v) is 4.11. The summed E-state index contributed by atoms with van der Waals surface area (Å²) in [6.45, 7) is 2.05. The number of nitrogens with zero attached hydrogens (tertiary/aromatic N) is 5. The first-order valence-electron chi connectivity index (χ1n) is 6.41. The minimum Gasteiger partial charge on any atom is -0.345 e. The van der Waals surface area contributed by atoms with Crippen molar-refractivity contribution in [1.82, 2.24) is 20.0 Å². The van der Waals surface area contributed by atoms with Gasteiger partial charge in [-0.2, -0.15) is 13.2 Å². The lowest BCUT2D eigenvalue weighted by molar-refractivity contribution is -0.138. The van der Waals surface area contributed by atoms with E-state index in [1.54, 1.807) is 23.9 Å². The van der Waals surface area contributed by atoms with Gasteiger partial charge < -0.3 is 14.7 Å². The largest absolute Gasteiger partial charge is 0.445 e. The number of halogens is 3. The maximum absolute atomic E-state index is 12.5. The normalized spacial score (nSPS) is 16.8. The maximum Gasteiger partial charge on any atom is 0.445 e. The van der Waals surface area contributed by atoms with Gasteiger partial charge in [-0.1, -0.05) is 11.3 Å². The van der Waals surface area contributed by atoms with Gasteiger partial charge in [0, 0.05) is 40.3 Å². The molecule has 0 radical (unpaired) electrons. The van der Waals surface area contributed by atoms with Gasteiger partial charge in [-0.15, -0.1) is 10.2 Å². The molecular weight excluding hydrogens is 307 g/mol. The summed E-state index contributed by atoms with van der Waals surface area (Å²) in [4.78, 5) is 16.8. The maximum atomic E-state index is 12.5. The number of amides is 2. The topological polar surface area (TPSA) is 52.6 Å². The predicted octanol–water partition coefficient (Wildman–Crippen LogP) is 1.75. The van der Waals surface area contributed by atoms with E-state index in [1.807, 2.05) is 0 Å². The highest BCUT2D eigenvalue weighted by Gasteiger charge is 2.36. The second-order valence-electron chi connectivity index (χ2n) is 4.89. The molecule has 0 aliphatic carbocycles. The van der Waals surface area contributed by atoms with Crippen LogP contribution in [0.4, 0.5) is 23.1 Å². The Labute approximate surface area is 124 Å². The molecule has 1 saturated heterocycles. The summed E-state index contributed by atoms with van der Waals surface area (Å²) >= 11 is 0.536. The Bertz CT molecular complexity index is 504. The van der Waals surface area contributed by atoms with Crippen LogP contribution in [0, 0.1) is 0 Å². The van der Waals surface area contributed by atoms with Crippen molar-refractivity contribution in [2.45, 2.75) is 12.6 Å². The molecule has 1 aliphatic heterocycles. The average molecular weight is 323 g/mol. The quantitative estimate of drug-likeness (QED) is 0.790. The fraction of sp³-hybridized carbons (Fsp3) is 0.727. The lowest BCUT2D eigenvalue weighted by Gasteiger charge is -2.24. The summed E-state index contributed by atoms with van der Waals surface area (Å²) in [5, 5.41) is 6.11. The molecule has 21 heavy (non-hydrogen) atoms. The summed E-state index contributed by atoms with van der Waals surface area (Å²) in [5.41, 5.74) is 0. The van der Waals surface area contributed by atoms with E-state index in [9.17, 15) is 18.0 Å². The molecule has 1 fully saturated rings. The Balaban J connectivity index is 2.03. The van der Waals surface area contributed by atoms with Gasteiger partial charge in [-0.3, -0.25) is 0 Å². The van der Waals surface area contributed by atoms with Gasteiger partial charge in [0.25, 0.3) is 0 Å². The summed E-state index contributed by atoms with van der Waals surface area (Å²) < 4.78 is 37.6. The highest BCUT2D eigenvalue weighted by atomic mass is 32.1. The van der Waals surface area contributed by atoms with Crippen molar-refractivity contribution in [1.29, 1.82) is 0 Å². The molecular formula is C11H16F3N5OS. The first-order chi connectivity index (χ1) is 9.79. The van der Waals surface area contributed by atoms with E-state index in [4.69, 9.17) is 0 Å². The van der Waals surface area contributed by atoms with E-state index < -0.39 is 11.2 Å². The number of carbonyl (C=O) groups excluding carboxylic acids is 1. The zero-order chi connectivity index (χ0) is 15.6. The Morgan fingerprint density at radius 1 is 1.19 bits per heavy atom.